The maximum Gasteiger partial charge on any atom is 0.289 e. The Labute approximate surface area is 91.9 Å². The van der Waals surface area contributed by atoms with Crippen molar-refractivity contribution in [2.75, 3.05) is 0 Å². The van der Waals surface area contributed by atoms with Crippen molar-refractivity contribution in [2.24, 2.45) is 5.84 Å². The minimum Gasteiger partial charge on any atom is -0.258 e. The molecule has 7 nitrogen and oxygen atoms in total. The second kappa shape index (κ2) is 5.03. The van der Waals surface area contributed by atoms with Crippen LogP contribution in [-0.2, 0) is 10.0 Å². The van der Waals surface area contributed by atoms with Crippen LogP contribution in [0.4, 0.5) is 5.69 Å². The first-order chi connectivity index (χ1) is 6.49. The summed E-state index contributed by atoms with van der Waals surface area (Å²) in [6, 6.07) is 4.93. The number of sulfonamides is 1. The highest BCUT2D eigenvalue weighted by atomic mass is 35.5. The van der Waals surface area contributed by atoms with Gasteiger partial charge in [-0.15, -0.1) is 17.2 Å². The molecular formula is C6H8ClN3O4S. The molecular weight excluding hydrogens is 246 g/mol. The van der Waals surface area contributed by atoms with Crippen molar-refractivity contribution >= 4 is 28.1 Å². The normalized spacial score (nSPS) is 10.5. The maximum absolute atomic E-state index is 11.2. The van der Waals surface area contributed by atoms with Crippen LogP contribution in [0.15, 0.2) is 29.2 Å². The van der Waals surface area contributed by atoms with E-state index in [0.29, 0.717) is 0 Å². The highest BCUT2D eigenvalue weighted by molar-refractivity contribution is 7.89. The van der Waals surface area contributed by atoms with E-state index in [0.717, 1.165) is 12.1 Å². The number of halogens is 1. The van der Waals surface area contributed by atoms with Gasteiger partial charge in [0.2, 0.25) is 0 Å². The van der Waals surface area contributed by atoms with Crippen LogP contribution in [0.3, 0.4) is 0 Å². The largest absolute Gasteiger partial charge is 0.289 e. The molecule has 1 aromatic carbocycles. The minimum absolute atomic E-state index is 0. The number of hydrazine groups is 1. The zero-order chi connectivity index (χ0) is 10.8. The predicted molar refractivity (Wildman–Crippen MR) is 54.9 cm³/mol. The van der Waals surface area contributed by atoms with Crippen LogP contribution in [-0.4, -0.2) is 13.3 Å². The summed E-state index contributed by atoms with van der Waals surface area (Å²) in [5.41, 5.74) is -0.509. The van der Waals surface area contributed by atoms with E-state index >= 15 is 0 Å². The molecule has 0 aromatic heterocycles. The van der Waals surface area contributed by atoms with Crippen molar-refractivity contribution in [3.63, 3.8) is 0 Å². The van der Waals surface area contributed by atoms with E-state index in [1.54, 1.807) is 0 Å². The van der Waals surface area contributed by atoms with Gasteiger partial charge in [0.15, 0.2) is 4.90 Å². The van der Waals surface area contributed by atoms with Crippen LogP contribution in [0, 0.1) is 10.1 Å². The molecule has 0 aliphatic heterocycles. The lowest BCUT2D eigenvalue weighted by Crippen LogP contribution is -2.30. The van der Waals surface area contributed by atoms with Gasteiger partial charge in [-0.1, -0.05) is 12.1 Å². The van der Waals surface area contributed by atoms with Gasteiger partial charge in [0, 0.05) is 6.07 Å². The first-order valence-electron chi connectivity index (χ1n) is 3.45. The van der Waals surface area contributed by atoms with Gasteiger partial charge in [0.05, 0.1) is 4.92 Å². The molecule has 9 heteroatoms. The number of hydrogen-bond donors (Lipinski definition) is 2. The van der Waals surface area contributed by atoms with Gasteiger partial charge in [-0.2, -0.15) is 0 Å². The van der Waals surface area contributed by atoms with E-state index in [9.17, 15) is 18.5 Å². The van der Waals surface area contributed by atoms with Crippen LogP contribution in [0.2, 0.25) is 0 Å². The molecule has 0 radical (unpaired) electrons. The Morgan fingerprint density at radius 2 is 1.87 bits per heavy atom. The first kappa shape index (κ1) is 13.8. The summed E-state index contributed by atoms with van der Waals surface area (Å²) in [6.07, 6.45) is 0. The monoisotopic (exact) mass is 253 g/mol. The molecule has 0 saturated heterocycles. The Morgan fingerprint density at radius 3 is 2.33 bits per heavy atom. The Kier molecular flexibility index (Phi) is 4.62. The first-order valence-corrected chi connectivity index (χ1v) is 4.93. The van der Waals surface area contributed by atoms with Crippen LogP contribution in [0.25, 0.3) is 0 Å². The summed E-state index contributed by atoms with van der Waals surface area (Å²) in [5, 5.41) is 10.5. The van der Waals surface area contributed by atoms with Crippen molar-refractivity contribution in [3.05, 3.63) is 34.4 Å². The molecule has 84 valence electrons. The lowest BCUT2D eigenvalue weighted by molar-refractivity contribution is -0.387. The maximum atomic E-state index is 11.2. The third kappa shape index (κ3) is 2.86. The van der Waals surface area contributed by atoms with E-state index < -0.39 is 25.5 Å². The van der Waals surface area contributed by atoms with Crippen LogP contribution in [0.1, 0.15) is 0 Å². The zero-order valence-electron chi connectivity index (χ0n) is 7.28. The lowest BCUT2D eigenvalue weighted by Gasteiger charge is -2.01. The van der Waals surface area contributed by atoms with E-state index in [-0.39, 0.29) is 12.4 Å². The van der Waals surface area contributed by atoms with E-state index in [4.69, 9.17) is 5.84 Å². The predicted octanol–water partition coefficient (Wildman–Crippen LogP) is 0.169. The number of nitrogens with one attached hydrogen (secondary N) is 1. The number of hydrogen-bond acceptors (Lipinski definition) is 5. The smallest absolute Gasteiger partial charge is 0.258 e. The summed E-state index contributed by atoms with van der Waals surface area (Å²) in [6.45, 7) is 0. The fourth-order valence-electron chi connectivity index (χ4n) is 0.899. The number of rotatable bonds is 3. The molecule has 0 bridgehead atoms. The van der Waals surface area contributed by atoms with Gasteiger partial charge >= 0.3 is 0 Å². The Morgan fingerprint density at radius 1 is 1.33 bits per heavy atom. The lowest BCUT2D eigenvalue weighted by atomic mass is 10.3. The molecule has 0 aliphatic rings. The number of nitrogens with zero attached hydrogens (tertiary/aromatic N) is 1. The quantitative estimate of drug-likeness (QED) is 0.453. The summed E-state index contributed by atoms with van der Waals surface area (Å²) < 4.78 is 22.4. The van der Waals surface area contributed by atoms with Crippen molar-refractivity contribution in [2.45, 2.75) is 4.90 Å². The SMILES string of the molecule is Cl.NNS(=O)(=O)c1ccccc1[N+](=O)[O-]. The molecule has 15 heavy (non-hydrogen) atoms. The molecule has 1 aromatic rings. The molecule has 1 rings (SSSR count). The van der Waals surface area contributed by atoms with E-state index in [2.05, 4.69) is 0 Å². The molecule has 0 unspecified atom stereocenters. The van der Waals surface area contributed by atoms with Crippen LogP contribution < -0.4 is 10.7 Å². The van der Waals surface area contributed by atoms with Gasteiger partial charge < -0.3 is 0 Å². The number of para-hydroxylation sites is 1. The number of nitro groups is 1. The second-order valence-electron chi connectivity index (χ2n) is 2.35. The molecule has 0 atom stereocenters. The van der Waals surface area contributed by atoms with Crippen molar-refractivity contribution in [1.82, 2.24) is 4.83 Å². The molecule has 3 N–H and O–H groups in total. The molecule has 0 spiro atoms. The van der Waals surface area contributed by atoms with Gasteiger partial charge in [-0.3, -0.25) is 16.0 Å². The highest BCUT2D eigenvalue weighted by Gasteiger charge is 2.23. The third-order valence-corrected chi connectivity index (χ3v) is 2.74. The molecule has 0 heterocycles. The molecule has 0 saturated carbocycles. The molecule has 0 amide bonds. The van der Waals surface area contributed by atoms with Crippen LogP contribution in [0.5, 0.6) is 0 Å². The summed E-state index contributed by atoms with van der Waals surface area (Å²) >= 11 is 0. The average Bonchev–Trinajstić information content (AvgIpc) is 2.18. The zero-order valence-corrected chi connectivity index (χ0v) is 8.92. The second-order valence-corrected chi connectivity index (χ2v) is 4.03. The fraction of sp³-hybridized carbons (Fsp3) is 0. The standard InChI is InChI=1S/C6H7N3O4S.ClH/c7-8-14(12,13)6-4-2-1-3-5(6)9(10)11;/h1-4,8H,7H2;1H. The summed E-state index contributed by atoms with van der Waals surface area (Å²) in [7, 11) is -3.99. The van der Waals surface area contributed by atoms with Crippen molar-refractivity contribution < 1.29 is 13.3 Å². The topological polar surface area (TPSA) is 115 Å². The van der Waals surface area contributed by atoms with Gasteiger partial charge in [-0.05, 0) is 6.07 Å². The third-order valence-electron chi connectivity index (χ3n) is 1.51. The average molecular weight is 254 g/mol. The Bertz CT molecular complexity index is 461. The molecule has 0 fully saturated rings. The highest BCUT2D eigenvalue weighted by Crippen LogP contribution is 2.21. The number of nitrogens with two attached hydrogens (primary N) is 1. The fourth-order valence-corrected chi connectivity index (χ4v) is 1.70. The van der Waals surface area contributed by atoms with Crippen molar-refractivity contribution in [3.8, 4) is 0 Å². The van der Waals surface area contributed by atoms with Crippen LogP contribution >= 0.6 is 12.4 Å². The van der Waals surface area contributed by atoms with Gasteiger partial charge in [0.25, 0.3) is 15.7 Å². The summed E-state index contributed by atoms with van der Waals surface area (Å²) in [4.78, 5) is 10.7. The van der Waals surface area contributed by atoms with Gasteiger partial charge in [-0.25, -0.2) is 8.42 Å². The minimum atomic E-state index is -3.99. The number of nitro benzene ring substituents is 1. The van der Waals surface area contributed by atoms with E-state index in [1.165, 1.54) is 17.0 Å². The van der Waals surface area contributed by atoms with E-state index in [1.807, 2.05) is 0 Å². The van der Waals surface area contributed by atoms with Crippen molar-refractivity contribution in [1.29, 1.82) is 0 Å². The Hall–Kier alpha value is -1.22. The number of benzene rings is 1. The van der Waals surface area contributed by atoms with Gasteiger partial charge in [0.1, 0.15) is 0 Å². The molecule has 0 aliphatic carbocycles. The summed E-state index contributed by atoms with van der Waals surface area (Å²) in [5.74, 6) is 4.75. The Balaban J connectivity index is 0.00000196.